The van der Waals surface area contributed by atoms with Gasteiger partial charge in [0.25, 0.3) is 0 Å². The van der Waals surface area contributed by atoms with Gasteiger partial charge in [0, 0.05) is 18.1 Å². The van der Waals surface area contributed by atoms with Gasteiger partial charge in [0.2, 0.25) is 26.0 Å². The van der Waals surface area contributed by atoms with Crippen LogP contribution in [0.1, 0.15) is 25.3 Å². The highest BCUT2D eigenvalue weighted by Gasteiger charge is 2.27. The van der Waals surface area contributed by atoms with Crippen LogP contribution in [-0.4, -0.2) is 41.4 Å². The van der Waals surface area contributed by atoms with Crippen molar-refractivity contribution in [3.63, 3.8) is 0 Å². The fraction of sp³-hybridized carbons (Fsp3) is 0.353. The van der Waals surface area contributed by atoms with E-state index in [1.807, 2.05) is 12.1 Å². The van der Waals surface area contributed by atoms with Crippen LogP contribution < -0.4 is 14.8 Å². The quantitative estimate of drug-likeness (QED) is 0.580. The number of anilines is 1. The maximum atomic E-state index is 12.3. The van der Waals surface area contributed by atoms with Crippen molar-refractivity contribution in [3.05, 3.63) is 42.2 Å². The molecule has 3 N–H and O–H groups in total. The molecule has 0 aliphatic heterocycles. The average molecular weight is 429 g/mol. The van der Waals surface area contributed by atoms with Gasteiger partial charge in [-0.2, -0.15) is 0 Å². The molecule has 1 amide bonds. The molecule has 1 heterocycles. The SMILES string of the molecule is CNS(=O)(=O)c1cn(CC(=O)Nc2ccc(C(C)C)cc2)cc1S(=O)(=O)NC. The number of aromatic nitrogens is 1. The first-order valence-electron chi connectivity index (χ1n) is 8.47. The molecule has 0 saturated heterocycles. The number of benzene rings is 1. The van der Waals surface area contributed by atoms with Gasteiger partial charge in [-0.15, -0.1) is 0 Å². The van der Waals surface area contributed by atoms with Gasteiger partial charge < -0.3 is 9.88 Å². The van der Waals surface area contributed by atoms with Gasteiger partial charge in [-0.1, -0.05) is 26.0 Å². The second-order valence-corrected chi connectivity index (χ2v) is 10.1. The molecule has 0 fully saturated rings. The van der Waals surface area contributed by atoms with Crippen molar-refractivity contribution in [1.82, 2.24) is 14.0 Å². The largest absolute Gasteiger partial charge is 0.342 e. The minimum Gasteiger partial charge on any atom is -0.342 e. The lowest BCUT2D eigenvalue weighted by atomic mass is 10.0. The van der Waals surface area contributed by atoms with Crippen molar-refractivity contribution >= 4 is 31.6 Å². The Morgan fingerprint density at radius 1 is 0.929 bits per heavy atom. The van der Waals surface area contributed by atoms with Crippen LogP contribution in [-0.2, 0) is 31.4 Å². The summed E-state index contributed by atoms with van der Waals surface area (Å²) in [5.74, 6) is -0.0566. The third-order valence-corrected chi connectivity index (χ3v) is 7.13. The number of nitrogens with one attached hydrogen (secondary N) is 3. The minimum absolute atomic E-state index is 0.253. The Kier molecular flexibility index (Phi) is 6.65. The second-order valence-electron chi connectivity index (χ2n) is 6.40. The van der Waals surface area contributed by atoms with Crippen LogP contribution in [0, 0.1) is 0 Å². The Morgan fingerprint density at radius 2 is 1.39 bits per heavy atom. The van der Waals surface area contributed by atoms with Gasteiger partial charge in [0.1, 0.15) is 16.3 Å². The molecule has 0 spiro atoms. The molecule has 0 saturated carbocycles. The maximum absolute atomic E-state index is 12.3. The molecule has 2 aromatic rings. The monoisotopic (exact) mass is 428 g/mol. The Balaban J connectivity index is 2.26. The van der Waals surface area contributed by atoms with E-state index in [0.29, 0.717) is 11.6 Å². The van der Waals surface area contributed by atoms with E-state index in [1.54, 1.807) is 12.1 Å². The minimum atomic E-state index is -4.03. The fourth-order valence-corrected chi connectivity index (χ4v) is 4.78. The molecular weight excluding hydrogens is 404 g/mol. The van der Waals surface area contributed by atoms with Crippen LogP contribution >= 0.6 is 0 Å². The summed E-state index contributed by atoms with van der Waals surface area (Å²) < 4.78 is 54.0. The lowest BCUT2D eigenvalue weighted by molar-refractivity contribution is -0.116. The van der Waals surface area contributed by atoms with Gasteiger partial charge in [-0.05, 0) is 37.7 Å². The Labute approximate surface area is 165 Å². The standard InChI is InChI=1S/C17H24N4O5S2/c1-12(2)13-5-7-14(8-6-13)20-17(22)11-21-9-15(27(23,24)18-3)16(10-21)28(25,26)19-4/h5-10,12,18-19H,11H2,1-4H3,(H,20,22). The third kappa shape index (κ3) is 4.98. The zero-order valence-corrected chi connectivity index (χ0v) is 17.7. The first-order chi connectivity index (χ1) is 13.0. The molecule has 0 bridgehead atoms. The zero-order valence-electron chi connectivity index (χ0n) is 16.1. The number of sulfonamides is 2. The zero-order chi connectivity index (χ0) is 21.1. The molecule has 0 aliphatic rings. The molecule has 9 nitrogen and oxygen atoms in total. The van der Waals surface area contributed by atoms with Crippen LogP contribution in [0.2, 0.25) is 0 Å². The summed E-state index contributed by atoms with van der Waals surface area (Å²) in [5.41, 5.74) is 1.72. The van der Waals surface area contributed by atoms with E-state index < -0.39 is 35.7 Å². The topological polar surface area (TPSA) is 126 Å². The number of carbonyl (C=O) groups excluding carboxylic acids is 1. The Bertz CT molecular complexity index is 1000. The molecule has 28 heavy (non-hydrogen) atoms. The summed E-state index contributed by atoms with van der Waals surface area (Å²) in [4.78, 5) is 11.4. The van der Waals surface area contributed by atoms with E-state index in [2.05, 4.69) is 28.6 Å². The number of rotatable bonds is 8. The molecule has 2 rings (SSSR count). The van der Waals surface area contributed by atoms with Crippen LogP contribution in [0.3, 0.4) is 0 Å². The fourth-order valence-electron chi connectivity index (χ4n) is 2.50. The highest BCUT2D eigenvalue weighted by atomic mass is 32.2. The Hall–Kier alpha value is -2.21. The van der Waals surface area contributed by atoms with E-state index in [1.165, 1.54) is 18.7 Å². The van der Waals surface area contributed by atoms with E-state index in [-0.39, 0.29) is 6.54 Å². The Morgan fingerprint density at radius 3 is 1.79 bits per heavy atom. The van der Waals surface area contributed by atoms with E-state index >= 15 is 0 Å². The lowest BCUT2D eigenvalue weighted by Gasteiger charge is -2.09. The lowest BCUT2D eigenvalue weighted by Crippen LogP contribution is -2.24. The normalized spacial score (nSPS) is 12.3. The number of amides is 1. The van der Waals surface area contributed by atoms with Crippen molar-refractivity contribution in [3.8, 4) is 0 Å². The predicted molar refractivity (Wildman–Crippen MR) is 106 cm³/mol. The van der Waals surface area contributed by atoms with Crippen molar-refractivity contribution in [1.29, 1.82) is 0 Å². The molecule has 1 aromatic carbocycles. The summed E-state index contributed by atoms with van der Waals surface area (Å²) >= 11 is 0. The van der Waals surface area contributed by atoms with Crippen LogP contribution in [0.5, 0.6) is 0 Å². The summed E-state index contributed by atoms with van der Waals surface area (Å²) in [6.45, 7) is 3.87. The molecule has 0 radical (unpaired) electrons. The van der Waals surface area contributed by atoms with Crippen molar-refractivity contribution in [2.45, 2.75) is 36.1 Å². The van der Waals surface area contributed by atoms with E-state index in [9.17, 15) is 21.6 Å². The predicted octanol–water partition coefficient (Wildman–Crippen LogP) is 1.07. The molecule has 0 atom stereocenters. The molecule has 11 heteroatoms. The number of hydrogen-bond acceptors (Lipinski definition) is 5. The molecular formula is C17H24N4O5S2. The summed E-state index contributed by atoms with van der Waals surface area (Å²) in [6.07, 6.45) is 2.22. The average Bonchev–Trinajstić information content (AvgIpc) is 3.07. The number of carbonyl (C=O) groups is 1. The van der Waals surface area contributed by atoms with Gasteiger partial charge in [-0.3, -0.25) is 4.79 Å². The van der Waals surface area contributed by atoms with Crippen LogP contribution in [0.4, 0.5) is 5.69 Å². The highest BCUT2D eigenvalue weighted by Crippen LogP contribution is 2.22. The molecule has 0 unspecified atom stereocenters. The van der Waals surface area contributed by atoms with Gasteiger partial charge in [0.15, 0.2) is 0 Å². The second kappa shape index (κ2) is 8.43. The highest BCUT2D eigenvalue weighted by molar-refractivity contribution is 7.92. The summed E-state index contributed by atoms with van der Waals surface area (Å²) in [5, 5.41) is 2.70. The van der Waals surface area contributed by atoms with Crippen molar-refractivity contribution < 1.29 is 21.6 Å². The molecule has 1 aromatic heterocycles. The number of hydrogen-bond donors (Lipinski definition) is 3. The van der Waals surface area contributed by atoms with E-state index in [4.69, 9.17) is 0 Å². The summed E-state index contributed by atoms with van der Waals surface area (Å²) in [6, 6.07) is 7.36. The third-order valence-electron chi connectivity index (χ3n) is 4.11. The maximum Gasteiger partial charge on any atom is 0.244 e. The van der Waals surface area contributed by atoms with Gasteiger partial charge in [0.05, 0.1) is 0 Å². The van der Waals surface area contributed by atoms with Crippen molar-refractivity contribution in [2.75, 3.05) is 19.4 Å². The molecule has 0 aliphatic carbocycles. The van der Waals surface area contributed by atoms with Gasteiger partial charge >= 0.3 is 0 Å². The van der Waals surface area contributed by atoms with Gasteiger partial charge in [-0.25, -0.2) is 26.3 Å². The first-order valence-corrected chi connectivity index (χ1v) is 11.4. The van der Waals surface area contributed by atoms with Crippen LogP contribution in [0.25, 0.3) is 0 Å². The van der Waals surface area contributed by atoms with Crippen LogP contribution in [0.15, 0.2) is 46.5 Å². The first kappa shape index (κ1) is 22.1. The summed E-state index contributed by atoms with van der Waals surface area (Å²) in [7, 11) is -5.71. The smallest absolute Gasteiger partial charge is 0.244 e. The number of nitrogens with zero attached hydrogens (tertiary/aromatic N) is 1. The van der Waals surface area contributed by atoms with E-state index in [0.717, 1.165) is 18.0 Å². The molecule has 154 valence electrons. The van der Waals surface area contributed by atoms with Crippen molar-refractivity contribution in [2.24, 2.45) is 0 Å².